The van der Waals surface area contributed by atoms with Gasteiger partial charge in [-0.25, -0.2) is 14.4 Å². The van der Waals surface area contributed by atoms with Crippen LogP contribution in [0.4, 0.5) is 10.3 Å². The maximum absolute atomic E-state index is 14.0. The van der Waals surface area contributed by atoms with E-state index in [0.29, 0.717) is 46.5 Å². The van der Waals surface area contributed by atoms with Gasteiger partial charge in [-0.15, -0.1) is 0 Å². The third-order valence-corrected chi connectivity index (χ3v) is 7.37. The first-order chi connectivity index (χ1) is 19.8. The van der Waals surface area contributed by atoms with Crippen LogP contribution >= 0.6 is 11.6 Å². The lowest BCUT2D eigenvalue weighted by Gasteiger charge is -2.23. The molecule has 1 aliphatic rings. The zero-order valence-electron chi connectivity index (χ0n) is 22.5. The van der Waals surface area contributed by atoms with Crippen LogP contribution in [0.1, 0.15) is 37.4 Å². The molecule has 0 bridgehead atoms. The summed E-state index contributed by atoms with van der Waals surface area (Å²) in [6, 6.07) is 3.94. The number of aliphatic hydroxyl groups excluding tert-OH is 1. The molecule has 5 rings (SSSR count). The summed E-state index contributed by atoms with van der Waals surface area (Å²) < 4.78 is 27.4. The van der Waals surface area contributed by atoms with Crippen LogP contribution in [0.15, 0.2) is 53.8 Å². The Hall–Kier alpha value is -4.00. The SMILES string of the molecule is COc1cc(F)cc([C@@H](CO)NC(=O)[C@@H](C)n2ccn3cc(-c4nc(NC5CCOCC5)ncc4Cl)cc3c2=O)c1. The number of aromatic nitrogens is 4. The molecule has 0 spiro atoms. The molecule has 1 saturated heterocycles. The van der Waals surface area contributed by atoms with Gasteiger partial charge in [-0.3, -0.25) is 9.59 Å². The molecule has 0 saturated carbocycles. The second kappa shape index (κ2) is 12.2. The number of hydrogen-bond donors (Lipinski definition) is 3. The zero-order valence-corrected chi connectivity index (χ0v) is 23.3. The van der Waals surface area contributed by atoms with Gasteiger partial charge >= 0.3 is 0 Å². The smallest absolute Gasteiger partial charge is 0.275 e. The predicted molar refractivity (Wildman–Crippen MR) is 151 cm³/mol. The van der Waals surface area contributed by atoms with E-state index in [-0.39, 0.29) is 11.8 Å². The van der Waals surface area contributed by atoms with Crippen molar-refractivity contribution in [2.45, 2.75) is 37.9 Å². The average Bonchev–Trinajstić information content (AvgIpc) is 3.42. The number of anilines is 1. The van der Waals surface area contributed by atoms with Crippen LogP contribution in [0.25, 0.3) is 16.8 Å². The van der Waals surface area contributed by atoms with E-state index in [2.05, 4.69) is 20.6 Å². The lowest BCUT2D eigenvalue weighted by Crippen LogP contribution is -2.39. The Labute approximate surface area is 239 Å². The Morgan fingerprint density at radius 3 is 2.78 bits per heavy atom. The highest BCUT2D eigenvalue weighted by Gasteiger charge is 2.23. The number of fused-ring (bicyclic) bond motifs is 1. The number of hydrogen-bond acceptors (Lipinski definition) is 8. The Morgan fingerprint density at radius 2 is 2.05 bits per heavy atom. The fraction of sp³-hybridized carbons (Fsp3) is 0.357. The van der Waals surface area contributed by atoms with Gasteiger partial charge in [-0.05, 0) is 43.5 Å². The van der Waals surface area contributed by atoms with Crippen molar-refractivity contribution >= 4 is 29.0 Å². The van der Waals surface area contributed by atoms with Crippen LogP contribution in [0.2, 0.25) is 5.02 Å². The number of methoxy groups -OCH3 is 1. The van der Waals surface area contributed by atoms with Gasteiger partial charge in [0.2, 0.25) is 11.9 Å². The van der Waals surface area contributed by atoms with Crippen molar-refractivity contribution in [3.05, 3.63) is 75.8 Å². The average molecular weight is 585 g/mol. The maximum Gasteiger partial charge on any atom is 0.275 e. The van der Waals surface area contributed by atoms with Crippen LogP contribution in [0.3, 0.4) is 0 Å². The summed E-state index contributed by atoms with van der Waals surface area (Å²) in [7, 11) is 1.39. The summed E-state index contributed by atoms with van der Waals surface area (Å²) >= 11 is 6.44. The molecule has 0 aliphatic carbocycles. The lowest BCUT2D eigenvalue weighted by molar-refractivity contribution is -0.125. The van der Waals surface area contributed by atoms with Crippen molar-refractivity contribution in [3.8, 4) is 17.0 Å². The summed E-state index contributed by atoms with van der Waals surface area (Å²) in [5, 5.41) is 16.2. The molecule has 1 aliphatic heterocycles. The summed E-state index contributed by atoms with van der Waals surface area (Å²) in [5.41, 5.74) is 1.30. The van der Waals surface area contributed by atoms with Crippen molar-refractivity contribution < 1.29 is 23.8 Å². The van der Waals surface area contributed by atoms with Gasteiger partial charge in [0, 0.05) is 49.5 Å². The molecule has 13 heteroatoms. The highest BCUT2D eigenvalue weighted by atomic mass is 35.5. The molecule has 0 radical (unpaired) electrons. The fourth-order valence-corrected chi connectivity index (χ4v) is 4.97. The van der Waals surface area contributed by atoms with Crippen LogP contribution in [-0.2, 0) is 9.53 Å². The second-order valence-electron chi connectivity index (χ2n) is 9.80. The Morgan fingerprint density at radius 1 is 1.27 bits per heavy atom. The molecule has 4 aromatic rings. The molecule has 11 nitrogen and oxygen atoms in total. The molecule has 3 N–H and O–H groups in total. The quantitative estimate of drug-likeness (QED) is 0.273. The minimum atomic E-state index is -0.937. The van der Waals surface area contributed by atoms with Crippen LogP contribution < -0.4 is 20.9 Å². The van der Waals surface area contributed by atoms with E-state index in [1.165, 1.54) is 42.3 Å². The maximum atomic E-state index is 14.0. The van der Waals surface area contributed by atoms with Crippen LogP contribution in [0, 0.1) is 5.82 Å². The number of nitrogens with zero attached hydrogens (tertiary/aromatic N) is 4. The van der Waals surface area contributed by atoms with Gasteiger partial charge in [0.05, 0.1) is 36.7 Å². The van der Waals surface area contributed by atoms with Crippen LogP contribution in [-0.4, -0.2) is 62.9 Å². The Kier molecular flexibility index (Phi) is 8.52. The first-order valence-electron chi connectivity index (χ1n) is 13.1. The fourth-order valence-electron chi connectivity index (χ4n) is 4.77. The van der Waals surface area contributed by atoms with E-state index in [0.717, 1.165) is 12.8 Å². The van der Waals surface area contributed by atoms with E-state index >= 15 is 0 Å². The molecule has 1 amide bonds. The minimum Gasteiger partial charge on any atom is -0.497 e. The van der Waals surface area contributed by atoms with Gasteiger partial charge < -0.3 is 34.2 Å². The highest BCUT2D eigenvalue weighted by molar-refractivity contribution is 6.32. The molecule has 4 heterocycles. The normalized spacial score (nSPS) is 15.4. The predicted octanol–water partition coefficient (Wildman–Crippen LogP) is 3.36. The molecule has 3 aromatic heterocycles. The second-order valence-corrected chi connectivity index (χ2v) is 10.2. The zero-order chi connectivity index (χ0) is 29.1. The number of ether oxygens (including phenoxy) is 2. The number of rotatable bonds is 9. The third kappa shape index (κ3) is 6.19. The molecule has 1 aromatic carbocycles. The number of carbonyl (C=O) groups excluding carboxylic acids is 1. The molecular weight excluding hydrogens is 555 g/mol. The Balaban J connectivity index is 1.38. The number of aliphatic hydroxyl groups is 1. The van der Waals surface area contributed by atoms with Crippen LogP contribution in [0.5, 0.6) is 5.75 Å². The van der Waals surface area contributed by atoms with E-state index in [9.17, 15) is 19.1 Å². The molecule has 41 heavy (non-hydrogen) atoms. The van der Waals surface area contributed by atoms with E-state index in [1.807, 2.05) is 0 Å². The number of benzene rings is 1. The topological polar surface area (TPSA) is 132 Å². The van der Waals surface area contributed by atoms with Crippen molar-refractivity contribution in [1.82, 2.24) is 24.3 Å². The monoisotopic (exact) mass is 584 g/mol. The minimum absolute atomic E-state index is 0.194. The summed E-state index contributed by atoms with van der Waals surface area (Å²) in [6.07, 6.45) is 8.10. The molecule has 2 atom stereocenters. The van der Waals surface area contributed by atoms with Crippen molar-refractivity contribution in [2.24, 2.45) is 0 Å². The van der Waals surface area contributed by atoms with Gasteiger partial charge in [0.1, 0.15) is 23.1 Å². The van der Waals surface area contributed by atoms with Gasteiger partial charge in [-0.1, -0.05) is 11.6 Å². The van der Waals surface area contributed by atoms with Crippen molar-refractivity contribution in [3.63, 3.8) is 0 Å². The van der Waals surface area contributed by atoms with E-state index < -0.39 is 36.0 Å². The largest absolute Gasteiger partial charge is 0.497 e. The van der Waals surface area contributed by atoms with Gasteiger partial charge in [0.25, 0.3) is 5.56 Å². The number of amides is 1. The van der Waals surface area contributed by atoms with Crippen molar-refractivity contribution in [1.29, 1.82) is 0 Å². The number of carbonyl (C=O) groups is 1. The summed E-state index contributed by atoms with van der Waals surface area (Å²) in [5.74, 6) is -0.417. The standard InChI is InChI=1S/C28H30ClFN6O5/c1-16(26(38)33-23(15-37)17-9-19(30)12-21(10-17)40-2)36-6-5-35-14-18(11-24(35)27(36)39)25-22(29)13-31-28(34-25)32-20-3-7-41-8-4-20/h5-6,9-14,16,20,23,37H,3-4,7-8,15H2,1-2H3,(H,33,38)(H,31,32,34)/t16-,23-/m1/s1. The third-order valence-electron chi connectivity index (χ3n) is 7.09. The first kappa shape index (κ1) is 28.5. The highest BCUT2D eigenvalue weighted by Crippen LogP contribution is 2.28. The first-order valence-corrected chi connectivity index (χ1v) is 13.5. The van der Waals surface area contributed by atoms with E-state index in [4.69, 9.17) is 21.1 Å². The summed E-state index contributed by atoms with van der Waals surface area (Å²) in [6.45, 7) is 2.43. The molecule has 216 valence electrons. The lowest BCUT2D eigenvalue weighted by atomic mass is 10.1. The van der Waals surface area contributed by atoms with Crippen molar-refractivity contribution in [2.75, 3.05) is 32.2 Å². The van der Waals surface area contributed by atoms with Gasteiger partial charge in [-0.2, -0.15) is 0 Å². The molecular formula is C28H30ClFN6O5. The summed E-state index contributed by atoms with van der Waals surface area (Å²) in [4.78, 5) is 35.5. The van der Waals surface area contributed by atoms with Gasteiger partial charge in [0.15, 0.2) is 0 Å². The Bertz CT molecular complexity index is 1620. The molecule has 0 unspecified atom stereocenters. The molecule has 1 fully saturated rings. The number of nitrogens with one attached hydrogen (secondary N) is 2. The number of halogens is 2. The van der Waals surface area contributed by atoms with E-state index in [1.54, 1.807) is 29.8 Å².